The molecule has 120 valence electrons. The van der Waals surface area contributed by atoms with Crippen molar-refractivity contribution in [2.45, 2.75) is 69.2 Å². The van der Waals surface area contributed by atoms with Crippen LogP contribution in [0.3, 0.4) is 0 Å². The van der Waals surface area contributed by atoms with Crippen LogP contribution in [0.15, 0.2) is 0 Å². The van der Waals surface area contributed by atoms with E-state index < -0.39 is 22.8 Å². The van der Waals surface area contributed by atoms with Crippen LogP contribution in [-0.4, -0.2) is 35.0 Å². The van der Waals surface area contributed by atoms with Crippen LogP contribution in [0.25, 0.3) is 0 Å². The van der Waals surface area contributed by atoms with Gasteiger partial charge in [0.25, 0.3) is 0 Å². The summed E-state index contributed by atoms with van der Waals surface area (Å²) in [7, 11) is 0. The van der Waals surface area contributed by atoms with Gasteiger partial charge in [0.2, 0.25) is 0 Å². The molecular weight excluding hydrogens is 280 g/mol. The van der Waals surface area contributed by atoms with Crippen LogP contribution in [0.5, 0.6) is 0 Å². The molecule has 0 amide bonds. The van der Waals surface area contributed by atoms with Crippen molar-refractivity contribution >= 4 is 35.0 Å². The van der Waals surface area contributed by atoms with Crippen molar-refractivity contribution in [2.75, 3.05) is 0 Å². The summed E-state index contributed by atoms with van der Waals surface area (Å²) >= 11 is 0. The van der Waals surface area contributed by atoms with Gasteiger partial charge in [-0.2, -0.15) is 0 Å². The second kappa shape index (κ2) is 7.81. The summed E-state index contributed by atoms with van der Waals surface area (Å²) in [5.41, 5.74) is -2.00. The molecule has 0 unspecified atom stereocenters. The molecule has 21 heavy (non-hydrogen) atoms. The molecule has 0 atom stereocenters. The second-order valence-electron chi connectivity index (χ2n) is 8.32. The van der Waals surface area contributed by atoms with E-state index in [-0.39, 0.29) is 33.9 Å². The Labute approximate surface area is 145 Å². The average Bonchev–Trinajstić information content (AvgIpc) is 2.14. The first-order valence-corrected chi connectivity index (χ1v) is 6.82. The largest absolute Gasteiger partial charge is 2.00 e. The minimum atomic E-state index is -0.986. The zero-order valence-corrected chi connectivity index (χ0v) is 16.8. The van der Waals surface area contributed by atoms with Crippen molar-refractivity contribution in [3.8, 4) is 0 Å². The molecule has 0 aliphatic rings. The molecule has 0 aromatic heterocycles. The van der Waals surface area contributed by atoms with E-state index in [1.54, 1.807) is 27.7 Å². The molecule has 0 aromatic carbocycles. The summed E-state index contributed by atoms with van der Waals surface area (Å²) in [5, 5.41) is 21.1. The number of hydrogen-bond acceptors (Lipinski definition) is 4. The first-order chi connectivity index (χ1) is 8.39. The smallest absolute Gasteiger partial charge is 0.550 e. The van der Waals surface area contributed by atoms with Crippen LogP contribution in [-0.2, 0) is 9.59 Å². The Bertz CT molecular complexity index is 321. The van der Waals surface area contributed by atoms with Crippen molar-refractivity contribution in [3.63, 3.8) is 0 Å². The van der Waals surface area contributed by atoms with E-state index >= 15 is 0 Å². The number of carboxylic acid groups (broad SMARTS) is 2. The number of rotatable bonds is 2. The Kier molecular flexibility index (Phi) is 9.54. The van der Waals surface area contributed by atoms with Gasteiger partial charge in [-0.25, -0.2) is 0 Å². The first kappa shape index (κ1) is 25.6. The van der Waals surface area contributed by atoms with Gasteiger partial charge in [0.05, 0.1) is 0 Å². The maximum Gasteiger partial charge on any atom is 2.00 e. The van der Waals surface area contributed by atoms with Gasteiger partial charge in [-0.3, -0.25) is 0 Å². The zero-order chi connectivity index (χ0) is 17.2. The minimum Gasteiger partial charge on any atom is -0.550 e. The van der Waals surface area contributed by atoms with E-state index in [2.05, 4.69) is 0 Å². The summed E-state index contributed by atoms with van der Waals surface area (Å²) in [5.74, 6) is -1.97. The van der Waals surface area contributed by atoms with Crippen molar-refractivity contribution < 1.29 is 19.8 Å². The van der Waals surface area contributed by atoms with Crippen LogP contribution < -0.4 is 10.2 Å². The third-order valence-electron chi connectivity index (χ3n) is 4.77. The molecule has 0 spiro atoms. The van der Waals surface area contributed by atoms with Crippen LogP contribution in [0.2, 0.25) is 0 Å². The van der Waals surface area contributed by atoms with Gasteiger partial charge in [0, 0.05) is 22.8 Å². The fourth-order valence-electron chi connectivity index (χ4n) is 0.612. The molecule has 0 rings (SSSR count). The maximum atomic E-state index is 10.6. The topological polar surface area (TPSA) is 80.3 Å². The fraction of sp³-hybridized carbons (Fsp3) is 0.875. The monoisotopic (exact) mass is 310 g/mol. The van der Waals surface area contributed by atoms with E-state index in [0.29, 0.717) is 0 Å². The molecule has 0 saturated heterocycles. The predicted octanol–water partition coefficient (Wildman–Crippen LogP) is 1.24. The van der Waals surface area contributed by atoms with E-state index in [9.17, 15) is 19.8 Å². The summed E-state index contributed by atoms with van der Waals surface area (Å²) in [6.45, 7) is 18.1. The molecule has 5 heteroatoms. The Hall–Kier alpha value is -0.294. The standard InChI is InChI=1S/2C8H16O2.Mg/c2*1-7(2,3)8(4,5)6(9)10;/h2*1-5H3,(H,9,10);/q;;+2/p-2. The number of hydrogen-bond donors (Lipinski definition) is 0. The van der Waals surface area contributed by atoms with Crippen molar-refractivity contribution in [1.29, 1.82) is 0 Å². The molecule has 0 N–H and O–H groups in total. The number of carbonyl (C=O) groups is 2. The SMILES string of the molecule is CC(C)(C)C(C)(C)C(=O)[O-].CC(C)(C)C(C)(C)C(=O)[O-].[Mg+2]. The van der Waals surface area contributed by atoms with Crippen LogP contribution in [0.1, 0.15) is 69.2 Å². The molecule has 0 heterocycles. The maximum absolute atomic E-state index is 10.6. The summed E-state index contributed by atoms with van der Waals surface area (Å²) in [6.07, 6.45) is 0. The number of carbonyl (C=O) groups excluding carboxylic acids is 2. The van der Waals surface area contributed by atoms with Crippen LogP contribution in [0, 0.1) is 21.7 Å². The Morgan fingerprint density at radius 2 is 0.714 bits per heavy atom. The second-order valence-corrected chi connectivity index (χ2v) is 8.32. The van der Waals surface area contributed by atoms with Crippen molar-refractivity contribution in [3.05, 3.63) is 0 Å². The quantitative estimate of drug-likeness (QED) is 0.719. The van der Waals surface area contributed by atoms with E-state index in [0.717, 1.165) is 0 Å². The molecule has 0 aliphatic carbocycles. The van der Waals surface area contributed by atoms with E-state index in [1.807, 2.05) is 41.5 Å². The van der Waals surface area contributed by atoms with Crippen LogP contribution in [0.4, 0.5) is 0 Å². The molecule has 0 radical (unpaired) electrons. The molecule has 0 aromatic rings. The normalized spacial score (nSPS) is 12.7. The van der Waals surface area contributed by atoms with Crippen LogP contribution >= 0.6 is 0 Å². The third-order valence-corrected chi connectivity index (χ3v) is 4.77. The number of aliphatic carboxylic acids is 2. The number of carboxylic acids is 2. The predicted molar refractivity (Wildman–Crippen MR) is 82.2 cm³/mol. The minimum absolute atomic E-state index is 0. The van der Waals surface area contributed by atoms with Gasteiger partial charge in [-0.05, 0) is 10.8 Å². The van der Waals surface area contributed by atoms with Gasteiger partial charge in [-0.15, -0.1) is 0 Å². The Balaban J connectivity index is -0.000000295. The van der Waals surface area contributed by atoms with Gasteiger partial charge in [-0.1, -0.05) is 69.2 Å². The van der Waals surface area contributed by atoms with Gasteiger partial charge >= 0.3 is 23.1 Å². The summed E-state index contributed by atoms with van der Waals surface area (Å²) in [6, 6.07) is 0. The summed E-state index contributed by atoms with van der Waals surface area (Å²) < 4.78 is 0. The van der Waals surface area contributed by atoms with E-state index in [1.165, 1.54) is 0 Å². The average molecular weight is 311 g/mol. The van der Waals surface area contributed by atoms with Gasteiger partial charge < -0.3 is 19.8 Å². The van der Waals surface area contributed by atoms with Crippen molar-refractivity contribution in [1.82, 2.24) is 0 Å². The molecular formula is C16H30MgO4. The van der Waals surface area contributed by atoms with E-state index in [4.69, 9.17) is 0 Å². The van der Waals surface area contributed by atoms with Crippen molar-refractivity contribution in [2.24, 2.45) is 21.7 Å². The molecule has 0 saturated carbocycles. The van der Waals surface area contributed by atoms with Gasteiger partial charge in [0.1, 0.15) is 0 Å². The van der Waals surface area contributed by atoms with Gasteiger partial charge in [0.15, 0.2) is 0 Å². The third kappa shape index (κ3) is 7.00. The summed E-state index contributed by atoms with van der Waals surface area (Å²) in [4.78, 5) is 21.1. The first-order valence-electron chi connectivity index (χ1n) is 6.82. The fourth-order valence-corrected chi connectivity index (χ4v) is 0.612. The Morgan fingerprint density at radius 1 is 0.571 bits per heavy atom. The molecule has 4 nitrogen and oxygen atoms in total. The Morgan fingerprint density at radius 3 is 0.714 bits per heavy atom. The molecule has 0 aliphatic heterocycles. The molecule has 0 fully saturated rings. The zero-order valence-electron chi connectivity index (χ0n) is 15.3. The molecule has 0 bridgehead atoms.